The van der Waals surface area contributed by atoms with Crippen LogP contribution in [0.1, 0.15) is 39.0 Å². The highest BCUT2D eigenvalue weighted by molar-refractivity contribution is 14.0. The summed E-state index contributed by atoms with van der Waals surface area (Å²) in [4.78, 5) is 14.6. The molecule has 164 valence electrons. The number of nitrogens with zero attached hydrogens (tertiary/aromatic N) is 2. The van der Waals surface area contributed by atoms with Crippen molar-refractivity contribution in [1.29, 1.82) is 0 Å². The minimum atomic E-state index is -0.396. The topological polar surface area (TPSA) is 101 Å². The molecular formula is C20H34IN5O3. The predicted octanol–water partition coefficient (Wildman–Crippen LogP) is 3.78. The van der Waals surface area contributed by atoms with Crippen LogP contribution in [0.15, 0.2) is 29.3 Å². The van der Waals surface area contributed by atoms with Crippen LogP contribution in [0.3, 0.4) is 0 Å². The van der Waals surface area contributed by atoms with E-state index >= 15 is 0 Å². The van der Waals surface area contributed by atoms with E-state index in [1.807, 2.05) is 6.92 Å². The maximum absolute atomic E-state index is 10.7. The summed E-state index contributed by atoms with van der Waals surface area (Å²) < 4.78 is 5.58. The average molecular weight is 519 g/mol. The molecule has 9 heteroatoms. The molecule has 0 atom stereocenters. The molecule has 0 amide bonds. The molecule has 1 aliphatic rings. The first-order valence-corrected chi connectivity index (χ1v) is 10.1. The predicted molar refractivity (Wildman–Crippen MR) is 128 cm³/mol. The zero-order valence-electron chi connectivity index (χ0n) is 17.4. The fraction of sp³-hybridized carbons (Fsp3) is 0.650. The van der Waals surface area contributed by atoms with Gasteiger partial charge in [0.25, 0.3) is 5.69 Å². The van der Waals surface area contributed by atoms with Gasteiger partial charge < -0.3 is 20.7 Å². The normalized spacial score (nSPS) is 15.4. The highest BCUT2D eigenvalue weighted by Crippen LogP contribution is 2.40. The van der Waals surface area contributed by atoms with Gasteiger partial charge in [-0.25, -0.2) is 0 Å². The van der Waals surface area contributed by atoms with E-state index in [0.717, 1.165) is 37.8 Å². The Morgan fingerprint density at radius 2 is 1.90 bits per heavy atom. The van der Waals surface area contributed by atoms with Crippen molar-refractivity contribution >= 4 is 41.3 Å². The molecule has 3 N–H and O–H groups in total. The number of non-ortho nitro benzene ring substituents is 1. The molecule has 1 saturated carbocycles. The van der Waals surface area contributed by atoms with Gasteiger partial charge in [-0.1, -0.05) is 12.8 Å². The molecule has 0 spiro atoms. The number of nitro benzene ring substituents is 1. The van der Waals surface area contributed by atoms with Crippen LogP contribution in [0, 0.1) is 15.5 Å². The highest BCUT2D eigenvalue weighted by atomic mass is 127. The lowest BCUT2D eigenvalue weighted by Gasteiger charge is -2.30. The summed E-state index contributed by atoms with van der Waals surface area (Å²) in [7, 11) is 1.78. The largest absolute Gasteiger partial charge is 0.383 e. The first-order chi connectivity index (χ1) is 13.6. The molecule has 0 bridgehead atoms. The zero-order chi connectivity index (χ0) is 20.2. The Morgan fingerprint density at radius 3 is 2.48 bits per heavy atom. The van der Waals surface area contributed by atoms with Crippen LogP contribution in [0.2, 0.25) is 0 Å². The Bertz CT molecular complexity index is 634. The van der Waals surface area contributed by atoms with Crippen molar-refractivity contribution < 1.29 is 9.66 Å². The second kappa shape index (κ2) is 13.6. The summed E-state index contributed by atoms with van der Waals surface area (Å²) in [6.07, 6.45) is 6.15. The fourth-order valence-corrected chi connectivity index (χ4v) is 3.65. The van der Waals surface area contributed by atoms with Gasteiger partial charge in [0.15, 0.2) is 5.96 Å². The molecule has 0 unspecified atom stereocenters. The number of hydrogen-bond acceptors (Lipinski definition) is 5. The second-order valence-corrected chi connectivity index (χ2v) is 7.24. The van der Waals surface area contributed by atoms with E-state index in [0.29, 0.717) is 18.5 Å². The van der Waals surface area contributed by atoms with E-state index in [1.165, 1.54) is 37.8 Å². The van der Waals surface area contributed by atoms with Gasteiger partial charge in [-0.2, -0.15) is 0 Å². The number of benzene rings is 1. The number of nitro groups is 1. The van der Waals surface area contributed by atoms with E-state index < -0.39 is 4.92 Å². The summed E-state index contributed by atoms with van der Waals surface area (Å²) in [5.74, 6) is 0.799. The molecular weight excluding hydrogens is 485 g/mol. The van der Waals surface area contributed by atoms with E-state index in [2.05, 4.69) is 20.9 Å². The van der Waals surface area contributed by atoms with Crippen LogP contribution >= 0.6 is 24.0 Å². The van der Waals surface area contributed by atoms with Gasteiger partial charge in [0.2, 0.25) is 0 Å². The standard InChI is InChI=1S/C20H33N5O3.HI/c1-3-28-15-12-20(10-4-5-11-20)16-24-19(21-2)23-14-13-22-17-6-8-18(9-7-17)25(26)27;/h6-9,22H,3-5,10-16H2,1-2H3,(H2,21,23,24);1H. The van der Waals surface area contributed by atoms with Crippen molar-refractivity contribution in [1.82, 2.24) is 10.6 Å². The van der Waals surface area contributed by atoms with E-state index in [9.17, 15) is 10.1 Å². The molecule has 0 aliphatic heterocycles. The smallest absolute Gasteiger partial charge is 0.269 e. The lowest BCUT2D eigenvalue weighted by Crippen LogP contribution is -2.44. The summed E-state index contributed by atoms with van der Waals surface area (Å²) >= 11 is 0. The number of guanidine groups is 1. The Balaban J connectivity index is 0.00000420. The van der Waals surface area contributed by atoms with Gasteiger partial charge in [0.1, 0.15) is 0 Å². The number of anilines is 1. The third-order valence-electron chi connectivity index (χ3n) is 5.32. The third kappa shape index (κ3) is 8.73. The highest BCUT2D eigenvalue weighted by Gasteiger charge is 2.33. The maximum Gasteiger partial charge on any atom is 0.269 e. The maximum atomic E-state index is 10.7. The van der Waals surface area contributed by atoms with Crippen LogP contribution in [0.4, 0.5) is 11.4 Å². The van der Waals surface area contributed by atoms with Gasteiger partial charge in [0.05, 0.1) is 4.92 Å². The number of ether oxygens (including phenoxy) is 1. The van der Waals surface area contributed by atoms with Gasteiger partial charge >= 0.3 is 0 Å². The zero-order valence-corrected chi connectivity index (χ0v) is 19.7. The van der Waals surface area contributed by atoms with Crippen molar-refractivity contribution in [3.63, 3.8) is 0 Å². The molecule has 0 heterocycles. The van der Waals surface area contributed by atoms with Gasteiger partial charge in [-0.3, -0.25) is 15.1 Å². The lowest BCUT2D eigenvalue weighted by molar-refractivity contribution is -0.384. The molecule has 29 heavy (non-hydrogen) atoms. The van der Waals surface area contributed by atoms with Crippen molar-refractivity contribution in [3.05, 3.63) is 34.4 Å². The first kappa shape index (κ1) is 25.4. The number of halogens is 1. The molecule has 8 nitrogen and oxygen atoms in total. The van der Waals surface area contributed by atoms with Crippen LogP contribution in [-0.2, 0) is 4.74 Å². The van der Waals surface area contributed by atoms with Crippen molar-refractivity contribution in [2.24, 2.45) is 10.4 Å². The minimum Gasteiger partial charge on any atom is -0.383 e. The molecule has 0 radical (unpaired) electrons. The van der Waals surface area contributed by atoms with Crippen LogP contribution in [0.5, 0.6) is 0 Å². The van der Waals surface area contributed by atoms with Gasteiger partial charge in [-0.15, -0.1) is 24.0 Å². The molecule has 0 saturated heterocycles. The number of aliphatic imine (C=N–C) groups is 1. The first-order valence-electron chi connectivity index (χ1n) is 10.1. The summed E-state index contributed by atoms with van der Waals surface area (Å²) in [5.41, 5.74) is 1.26. The molecule has 2 rings (SSSR count). The third-order valence-corrected chi connectivity index (χ3v) is 5.32. The molecule has 1 aromatic carbocycles. The minimum absolute atomic E-state index is 0. The van der Waals surface area contributed by atoms with E-state index in [-0.39, 0.29) is 29.7 Å². The average Bonchev–Trinajstić information content (AvgIpc) is 3.17. The quantitative estimate of drug-likeness (QED) is 0.103. The lowest BCUT2D eigenvalue weighted by atomic mass is 9.83. The van der Waals surface area contributed by atoms with E-state index in [4.69, 9.17) is 4.74 Å². The Morgan fingerprint density at radius 1 is 1.21 bits per heavy atom. The molecule has 1 aliphatic carbocycles. The Hall–Kier alpha value is -1.62. The summed E-state index contributed by atoms with van der Waals surface area (Å²) in [6.45, 7) is 5.93. The number of rotatable bonds is 11. The summed E-state index contributed by atoms with van der Waals surface area (Å²) in [5, 5.41) is 20.7. The number of hydrogen-bond donors (Lipinski definition) is 3. The molecule has 0 aromatic heterocycles. The molecule has 1 fully saturated rings. The Kier molecular flexibility index (Phi) is 11.9. The van der Waals surface area contributed by atoms with Crippen molar-refractivity contribution in [2.75, 3.05) is 45.2 Å². The monoisotopic (exact) mass is 519 g/mol. The van der Waals surface area contributed by atoms with Crippen molar-refractivity contribution in [3.8, 4) is 0 Å². The fourth-order valence-electron chi connectivity index (χ4n) is 3.65. The van der Waals surface area contributed by atoms with Crippen LogP contribution < -0.4 is 16.0 Å². The van der Waals surface area contributed by atoms with Crippen molar-refractivity contribution in [2.45, 2.75) is 39.0 Å². The Labute approximate surface area is 190 Å². The molecule has 1 aromatic rings. The van der Waals surface area contributed by atoms with Crippen LogP contribution in [0.25, 0.3) is 0 Å². The van der Waals surface area contributed by atoms with Gasteiger partial charge in [0, 0.05) is 57.7 Å². The SMILES string of the molecule is CCOCCC1(CNC(=NC)NCCNc2ccc([N+](=O)[O-])cc2)CCCC1.I. The van der Waals surface area contributed by atoms with E-state index in [1.54, 1.807) is 19.2 Å². The second-order valence-electron chi connectivity index (χ2n) is 7.24. The summed E-state index contributed by atoms with van der Waals surface area (Å²) in [6, 6.07) is 6.43. The number of nitrogens with one attached hydrogen (secondary N) is 3. The van der Waals surface area contributed by atoms with Crippen LogP contribution in [-0.4, -0.2) is 50.8 Å². The van der Waals surface area contributed by atoms with Gasteiger partial charge in [-0.05, 0) is 43.7 Å².